The van der Waals surface area contributed by atoms with E-state index in [0.717, 1.165) is 30.9 Å². The second-order valence-electron chi connectivity index (χ2n) is 4.28. The van der Waals surface area contributed by atoms with E-state index < -0.39 is 0 Å². The van der Waals surface area contributed by atoms with E-state index in [-0.39, 0.29) is 0 Å². The number of hydrogen-bond acceptors (Lipinski definition) is 3. The molecule has 1 rings (SSSR count). The first-order valence-electron chi connectivity index (χ1n) is 6.27. The van der Waals surface area contributed by atoms with Gasteiger partial charge in [-0.05, 0) is 44.2 Å². The van der Waals surface area contributed by atoms with E-state index in [1.165, 1.54) is 24.0 Å². The predicted molar refractivity (Wildman–Crippen MR) is 68.9 cm³/mol. The number of aromatic nitrogens is 2. The van der Waals surface area contributed by atoms with Gasteiger partial charge in [-0.1, -0.05) is 20.3 Å². The van der Waals surface area contributed by atoms with Crippen LogP contribution in [0.15, 0.2) is 0 Å². The Morgan fingerprint density at radius 3 is 2.38 bits per heavy atom. The first kappa shape index (κ1) is 12.9. The van der Waals surface area contributed by atoms with Crippen molar-refractivity contribution in [2.24, 2.45) is 0 Å². The highest BCUT2D eigenvalue weighted by molar-refractivity contribution is 5.47. The average molecular weight is 221 g/mol. The van der Waals surface area contributed by atoms with Crippen LogP contribution in [0.4, 0.5) is 5.82 Å². The molecule has 0 radical (unpaired) electrons. The molecule has 90 valence electrons. The molecule has 0 aliphatic carbocycles. The van der Waals surface area contributed by atoms with Crippen molar-refractivity contribution in [3.05, 3.63) is 16.8 Å². The van der Waals surface area contributed by atoms with E-state index in [9.17, 15) is 0 Å². The maximum atomic E-state index is 4.32. The first-order valence-corrected chi connectivity index (χ1v) is 6.27. The summed E-state index contributed by atoms with van der Waals surface area (Å²) in [5, 5.41) is 11.9. The van der Waals surface area contributed by atoms with Gasteiger partial charge in [0.15, 0.2) is 5.82 Å². The molecule has 0 aliphatic heterocycles. The van der Waals surface area contributed by atoms with E-state index in [1.54, 1.807) is 0 Å². The molecule has 0 aromatic carbocycles. The second-order valence-corrected chi connectivity index (χ2v) is 4.28. The van der Waals surface area contributed by atoms with Gasteiger partial charge in [-0.15, -0.1) is 5.10 Å². The summed E-state index contributed by atoms with van der Waals surface area (Å²) in [6.07, 6.45) is 4.55. The summed E-state index contributed by atoms with van der Waals surface area (Å²) < 4.78 is 0. The fraction of sp³-hybridized carbons (Fsp3) is 0.692. The maximum Gasteiger partial charge on any atom is 0.151 e. The Labute approximate surface area is 98.7 Å². The zero-order valence-corrected chi connectivity index (χ0v) is 10.9. The van der Waals surface area contributed by atoms with Crippen LogP contribution in [0.25, 0.3) is 0 Å². The molecular weight excluding hydrogens is 198 g/mol. The van der Waals surface area contributed by atoms with Crippen LogP contribution in [0.1, 0.15) is 49.9 Å². The van der Waals surface area contributed by atoms with E-state index in [1.807, 2.05) is 0 Å². The Morgan fingerprint density at radius 1 is 1.00 bits per heavy atom. The Kier molecular flexibility index (Phi) is 5.23. The molecule has 1 aromatic rings. The molecule has 16 heavy (non-hydrogen) atoms. The normalized spacial score (nSPS) is 10.5. The molecule has 3 nitrogen and oxygen atoms in total. The molecule has 0 spiro atoms. The lowest BCUT2D eigenvalue weighted by Gasteiger charge is -2.11. The van der Waals surface area contributed by atoms with Gasteiger partial charge in [-0.3, -0.25) is 0 Å². The van der Waals surface area contributed by atoms with Gasteiger partial charge in [0.2, 0.25) is 0 Å². The maximum absolute atomic E-state index is 4.32. The Bertz CT molecular complexity index is 301. The third-order valence-electron chi connectivity index (χ3n) is 2.93. The minimum atomic E-state index is 0.944. The molecule has 0 bridgehead atoms. The highest BCUT2D eigenvalue weighted by Crippen LogP contribution is 2.18. The summed E-state index contributed by atoms with van der Waals surface area (Å²) >= 11 is 0. The van der Waals surface area contributed by atoms with E-state index in [4.69, 9.17) is 0 Å². The van der Waals surface area contributed by atoms with Crippen LogP contribution in [-0.4, -0.2) is 16.7 Å². The highest BCUT2D eigenvalue weighted by Gasteiger charge is 2.08. The third-order valence-corrected chi connectivity index (χ3v) is 2.93. The van der Waals surface area contributed by atoms with Crippen LogP contribution in [-0.2, 0) is 6.42 Å². The van der Waals surface area contributed by atoms with Gasteiger partial charge < -0.3 is 5.32 Å². The van der Waals surface area contributed by atoms with Crippen LogP contribution < -0.4 is 5.32 Å². The summed E-state index contributed by atoms with van der Waals surface area (Å²) in [4.78, 5) is 0. The summed E-state index contributed by atoms with van der Waals surface area (Å²) in [6, 6.07) is 0. The Balaban J connectivity index is 2.81. The standard InChI is InChI=1S/C13H23N3/c1-5-7-8-12-10(3)11(4)13(16-15-12)14-9-6-2/h5-9H2,1-4H3,(H,14,16). The highest BCUT2D eigenvalue weighted by atomic mass is 15.2. The lowest BCUT2D eigenvalue weighted by molar-refractivity contribution is 0.750. The van der Waals surface area contributed by atoms with Gasteiger partial charge in [0, 0.05) is 6.54 Å². The van der Waals surface area contributed by atoms with Crippen molar-refractivity contribution in [3.63, 3.8) is 0 Å². The van der Waals surface area contributed by atoms with Crippen LogP contribution in [0.5, 0.6) is 0 Å². The van der Waals surface area contributed by atoms with Gasteiger partial charge in [-0.2, -0.15) is 5.10 Å². The summed E-state index contributed by atoms with van der Waals surface area (Å²) in [5.74, 6) is 0.944. The zero-order valence-electron chi connectivity index (χ0n) is 10.9. The van der Waals surface area contributed by atoms with Crippen LogP contribution in [0.3, 0.4) is 0 Å². The van der Waals surface area contributed by atoms with Crippen molar-refractivity contribution in [3.8, 4) is 0 Å². The van der Waals surface area contributed by atoms with Crippen molar-refractivity contribution in [2.45, 2.75) is 53.4 Å². The SMILES string of the molecule is CCCCc1nnc(NCCC)c(C)c1C. The minimum absolute atomic E-state index is 0.944. The Morgan fingerprint density at radius 2 is 1.75 bits per heavy atom. The molecule has 0 unspecified atom stereocenters. The second kappa shape index (κ2) is 6.46. The first-order chi connectivity index (χ1) is 7.70. The number of nitrogens with one attached hydrogen (secondary N) is 1. The van der Waals surface area contributed by atoms with Crippen molar-refractivity contribution >= 4 is 5.82 Å². The minimum Gasteiger partial charge on any atom is -0.368 e. The van der Waals surface area contributed by atoms with Crippen LogP contribution >= 0.6 is 0 Å². The quantitative estimate of drug-likeness (QED) is 0.801. The van der Waals surface area contributed by atoms with Crippen molar-refractivity contribution in [1.29, 1.82) is 0 Å². The molecule has 1 heterocycles. The number of aryl methyl sites for hydroxylation is 1. The third kappa shape index (κ3) is 3.19. The summed E-state index contributed by atoms with van der Waals surface area (Å²) in [6.45, 7) is 9.58. The number of hydrogen-bond donors (Lipinski definition) is 1. The van der Waals surface area contributed by atoms with Crippen LogP contribution in [0.2, 0.25) is 0 Å². The largest absolute Gasteiger partial charge is 0.368 e. The lowest BCUT2D eigenvalue weighted by atomic mass is 10.1. The van der Waals surface area contributed by atoms with Crippen molar-refractivity contribution < 1.29 is 0 Å². The fourth-order valence-electron chi connectivity index (χ4n) is 1.65. The fourth-order valence-corrected chi connectivity index (χ4v) is 1.65. The smallest absolute Gasteiger partial charge is 0.151 e. The van der Waals surface area contributed by atoms with E-state index >= 15 is 0 Å². The molecule has 0 saturated carbocycles. The molecule has 0 aliphatic rings. The Hall–Kier alpha value is -1.12. The summed E-state index contributed by atoms with van der Waals surface area (Å²) in [7, 11) is 0. The van der Waals surface area contributed by atoms with Gasteiger partial charge in [-0.25, -0.2) is 0 Å². The van der Waals surface area contributed by atoms with Gasteiger partial charge >= 0.3 is 0 Å². The number of nitrogens with zero attached hydrogens (tertiary/aromatic N) is 2. The van der Waals surface area contributed by atoms with Gasteiger partial charge in [0.05, 0.1) is 5.69 Å². The topological polar surface area (TPSA) is 37.8 Å². The lowest BCUT2D eigenvalue weighted by Crippen LogP contribution is -2.09. The average Bonchev–Trinajstić information content (AvgIpc) is 2.30. The number of rotatable bonds is 6. The molecule has 0 amide bonds. The number of anilines is 1. The monoisotopic (exact) mass is 221 g/mol. The molecule has 0 fully saturated rings. The molecular formula is C13H23N3. The molecule has 0 atom stereocenters. The van der Waals surface area contributed by atoms with Gasteiger partial charge in [0.1, 0.15) is 0 Å². The van der Waals surface area contributed by atoms with Crippen molar-refractivity contribution in [1.82, 2.24) is 10.2 Å². The molecule has 3 heteroatoms. The predicted octanol–water partition coefficient (Wildman–Crippen LogP) is 3.26. The molecule has 0 saturated heterocycles. The molecule has 1 aromatic heterocycles. The molecule has 1 N–H and O–H groups in total. The van der Waals surface area contributed by atoms with Crippen molar-refractivity contribution in [2.75, 3.05) is 11.9 Å². The van der Waals surface area contributed by atoms with Crippen LogP contribution in [0, 0.1) is 13.8 Å². The summed E-state index contributed by atoms with van der Waals surface area (Å²) in [5.41, 5.74) is 3.69. The van der Waals surface area contributed by atoms with E-state index in [2.05, 4.69) is 43.2 Å². The van der Waals surface area contributed by atoms with Gasteiger partial charge in [0.25, 0.3) is 0 Å². The zero-order chi connectivity index (χ0) is 12.0. The number of unbranched alkanes of at least 4 members (excludes halogenated alkanes) is 1. The van der Waals surface area contributed by atoms with E-state index in [0.29, 0.717) is 0 Å².